The van der Waals surface area contributed by atoms with Crippen LogP contribution in [0.4, 0.5) is 0 Å². The first kappa shape index (κ1) is 88.7. The molecule has 0 radical (unpaired) electrons. The lowest BCUT2D eigenvalue weighted by atomic mass is 10.0. The van der Waals surface area contributed by atoms with Crippen molar-refractivity contribution in [3.63, 3.8) is 0 Å². The Bertz CT molecular complexity index is 1690. The van der Waals surface area contributed by atoms with E-state index in [0.29, 0.717) is 76.9 Å². The number of esters is 3. The summed E-state index contributed by atoms with van der Waals surface area (Å²) in [5, 5.41) is 15.2. The Morgan fingerprint density at radius 1 is 0.348 bits per heavy atom. The minimum absolute atomic E-state index is 0.0325. The van der Waals surface area contributed by atoms with Gasteiger partial charge >= 0.3 is 23.9 Å². The molecule has 0 aromatic rings. The van der Waals surface area contributed by atoms with E-state index >= 15 is 0 Å². The summed E-state index contributed by atoms with van der Waals surface area (Å²) < 4.78 is 17.4. The van der Waals surface area contributed by atoms with Crippen LogP contribution in [0.3, 0.4) is 0 Å². The maximum atomic E-state index is 13.4. The number of rotatable bonds is 72. The summed E-state index contributed by atoms with van der Waals surface area (Å²) in [6.07, 6.45) is 53.8. The summed E-state index contributed by atoms with van der Waals surface area (Å²) in [7, 11) is 0. The van der Waals surface area contributed by atoms with Gasteiger partial charge in [-0.3, -0.25) is 28.8 Å². The Hall–Kier alpha value is -3.26. The van der Waals surface area contributed by atoms with E-state index in [1.54, 1.807) is 0 Å². The standard InChI is InChI=1S/C78H150N4O10/c1-8-12-16-20-24-28-38-50-69(5)67-90-75(86)55-44-36-48-62-81(60-46-34-26-32-42-54-74(84)85)64-58-79-73(83)66-71(7)78(89)80-59-65-82(63-49-37-45-56-76(87)91-68-70(6)51-39-29-25-21-17-13-9-2)61-47-35-27-33-43-57-77(88)92-72(52-40-30-22-18-14-10-3)53-41-31-23-19-15-11-4/h69-72H,8-68H2,1-7H3,(H,79,83)(H,80,89)(H,84,85). The Labute approximate surface area is 567 Å². The van der Waals surface area contributed by atoms with Crippen LogP contribution in [0, 0.1) is 17.8 Å². The van der Waals surface area contributed by atoms with Gasteiger partial charge in [0.1, 0.15) is 6.10 Å². The van der Waals surface area contributed by atoms with Crippen molar-refractivity contribution in [3.05, 3.63) is 0 Å². The number of unbranched alkanes of at least 4 members (excludes halogenated alkanes) is 34. The van der Waals surface area contributed by atoms with Gasteiger partial charge in [-0.1, -0.05) is 254 Å². The SMILES string of the molecule is CCCCCCCCCC(C)COC(=O)CCCCCN(CCCCCCCC(=O)O)CCNC(=O)CC(C)C(=O)NCCN(CCCCCCCC(=O)OC(CCCCCCCC)CCCCCCCC)CCCCCC(=O)OCC(C)CCCCCCCCC. The molecule has 0 spiro atoms. The minimum Gasteiger partial charge on any atom is -0.481 e. The largest absolute Gasteiger partial charge is 0.481 e. The molecular formula is C78H150N4O10. The van der Waals surface area contributed by atoms with Crippen LogP contribution in [-0.4, -0.2) is 122 Å². The van der Waals surface area contributed by atoms with Crippen molar-refractivity contribution in [2.24, 2.45) is 17.8 Å². The second-order valence-corrected chi connectivity index (χ2v) is 28.1. The first-order valence-corrected chi connectivity index (χ1v) is 39.5. The number of carbonyl (C=O) groups is 6. The van der Waals surface area contributed by atoms with Crippen molar-refractivity contribution in [1.82, 2.24) is 20.4 Å². The molecule has 0 rings (SSSR count). The van der Waals surface area contributed by atoms with Crippen LogP contribution in [0.2, 0.25) is 0 Å². The van der Waals surface area contributed by atoms with Crippen LogP contribution >= 0.6 is 0 Å². The van der Waals surface area contributed by atoms with E-state index in [9.17, 15) is 28.8 Å². The summed E-state index contributed by atoms with van der Waals surface area (Å²) in [6.45, 7) is 22.1. The Balaban J connectivity index is 5.21. The average Bonchev–Trinajstić information content (AvgIpc) is 3.75. The van der Waals surface area contributed by atoms with Gasteiger partial charge in [0.05, 0.1) is 13.2 Å². The molecule has 0 bridgehead atoms. The highest BCUT2D eigenvalue weighted by atomic mass is 16.5. The zero-order valence-corrected chi connectivity index (χ0v) is 61.5. The third-order valence-electron chi connectivity index (χ3n) is 18.6. The molecule has 0 aromatic heterocycles. The van der Waals surface area contributed by atoms with Gasteiger partial charge in [-0.05, 0) is 128 Å². The average molecular weight is 1300 g/mol. The van der Waals surface area contributed by atoms with Gasteiger partial charge in [0.15, 0.2) is 0 Å². The van der Waals surface area contributed by atoms with E-state index in [4.69, 9.17) is 19.3 Å². The molecule has 0 fully saturated rings. The fourth-order valence-electron chi connectivity index (χ4n) is 12.3. The third kappa shape index (κ3) is 62.8. The van der Waals surface area contributed by atoms with Crippen LogP contribution in [0.1, 0.15) is 376 Å². The number of aliphatic carboxylic acids is 1. The van der Waals surface area contributed by atoms with Crippen LogP contribution < -0.4 is 10.6 Å². The molecule has 2 amide bonds. The molecular weight excluding hydrogens is 1150 g/mol. The highest BCUT2D eigenvalue weighted by Crippen LogP contribution is 2.20. The van der Waals surface area contributed by atoms with Crippen molar-refractivity contribution in [1.29, 1.82) is 0 Å². The first-order chi connectivity index (χ1) is 44.7. The van der Waals surface area contributed by atoms with Crippen molar-refractivity contribution >= 4 is 35.7 Å². The van der Waals surface area contributed by atoms with Crippen molar-refractivity contribution in [2.75, 3.05) is 65.6 Å². The Morgan fingerprint density at radius 2 is 0.652 bits per heavy atom. The lowest BCUT2D eigenvalue weighted by Gasteiger charge is -2.23. The van der Waals surface area contributed by atoms with Crippen LogP contribution in [0.15, 0.2) is 0 Å². The summed E-state index contributed by atoms with van der Waals surface area (Å²) in [6, 6.07) is 0. The summed E-state index contributed by atoms with van der Waals surface area (Å²) in [4.78, 5) is 80.7. The maximum Gasteiger partial charge on any atom is 0.306 e. The molecule has 14 nitrogen and oxygen atoms in total. The number of ether oxygens (including phenoxy) is 3. The zero-order chi connectivity index (χ0) is 67.6. The van der Waals surface area contributed by atoms with E-state index in [0.717, 1.165) is 161 Å². The molecule has 0 aliphatic heterocycles. The molecule has 0 heterocycles. The maximum absolute atomic E-state index is 13.4. The molecule has 0 aliphatic carbocycles. The molecule has 3 atom stereocenters. The van der Waals surface area contributed by atoms with E-state index < -0.39 is 11.9 Å². The molecule has 92 heavy (non-hydrogen) atoms. The summed E-state index contributed by atoms with van der Waals surface area (Å²) in [5.41, 5.74) is 0. The number of carboxylic acids is 1. The first-order valence-electron chi connectivity index (χ1n) is 39.5. The van der Waals surface area contributed by atoms with Gasteiger partial charge in [-0.2, -0.15) is 0 Å². The minimum atomic E-state index is -0.747. The van der Waals surface area contributed by atoms with Crippen LogP contribution in [0.5, 0.6) is 0 Å². The number of hydrogen-bond acceptors (Lipinski definition) is 11. The zero-order valence-electron chi connectivity index (χ0n) is 61.5. The van der Waals surface area contributed by atoms with Gasteiger partial charge in [0.25, 0.3) is 0 Å². The lowest BCUT2D eigenvalue weighted by molar-refractivity contribution is -0.150. The number of nitrogens with one attached hydrogen (secondary N) is 2. The highest BCUT2D eigenvalue weighted by Gasteiger charge is 2.19. The summed E-state index contributed by atoms with van der Waals surface area (Å²) >= 11 is 0. The van der Waals surface area contributed by atoms with Crippen molar-refractivity contribution in [3.8, 4) is 0 Å². The quantitative estimate of drug-likeness (QED) is 0.0298. The number of carboxylic acid groups (broad SMARTS) is 1. The van der Waals surface area contributed by atoms with Gasteiger partial charge in [0, 0.05) is 64.2 Å². The van der Waals surface area contributed by atoms with Gasteiger partial charge in [-0.25, -0.2) is 0 Å². The molecule has 0 saturated carbocycles. The monoisotopic (exact) mass is 1300 g/mol. The number of hydrogen-bond donors (Lipinski definition) is 3. The van der Waals surface area contributed by atoms with Crippen molar-refractivity contribution < 1.29 is 48.1 Å². The lowest BCUT2D eigenvalue weighted by Crippen LogP contribution is -2.40. The van der Waals surface area contributed by atoms with E-state index in [1.165, 1.54) is 154 Å². The number of amides is 2. The Kier molecular flexibility index (Phi) is 65.3. The third-order valence-corrected chi connectivity index (χ3v) is 18.6. The van der Waals surface area contributed by atoms with E-state index in [-0.39, 0.29) is 48.7 Å². The molecule has 3 N–H and O–H groups in total. The number of nitrogens with zero attached hydrogens (tertiary/aromatic N) is 2. The van der Waals surface area contributed by atoms with Crippen LogP contribution in [-0.2, 0) is 43.0 Å². The fourth-order valence-corrected chi connectivity index (χ4v) is 12.3. The van der Waals surface area contributed by atoms with Gasteiger partial charge in [-0.15, -0.1) is 0 Å². The smallest absolute Gasteiger partial charge is 0.306 e. The van der Waals surface area contributed by atoms with Crippen LogP contribution in [0.25, 0.3) is 0 Å². The molecule has 0 aromatic carbocycles. The molecule has 3 unspecified atom stereocenters. The second-order valence-electron chi connectivity index (χ2n) is 28.1. The van der Waals surface area contributed by atoms with Gasteiger partial charge in [0.2, 0.25) is 11.8 Å². The molecule has 0 aliphatic rings. The normalized spacial score (nSPS) is 12.6. The highest BCUT2D eigenvalue weighted by molar-refractivity contribution is 5.85. The van der Waals surface area contributed by atoms with E-state index in [2.05, 4.69) is 62.0 Å². The molecule has 14 heteroatoms. The van der Waals surface area contributed by atoms with E-state index in [1.807, 2.05) is 6.92 Å². The fraction of sp³-hybridized carbons (Fsp3) is 0.923. The summed E-state index contributed by atoms with van der Waals surface area (Å²) in [5.74, 6) is -0.963. The molecule has 0 saturated heterocycles. The topological polar surface area (TPSA) is 181 Å². The second kappa shape index (κ2) is 67.7. The molecule has 542 valence electrons. The van der Waals surface area contributed by atoms with Gasteiger partial charge < -0.3 is 39.8 Å². The van der Waals surface area contributed by atoms with Crippen molar-refractivity contribution in [2.45, 2.75) is 382 Å². The predicted molar refractivity (Wildman–Crippen MR) is 384 cm³/mol. The number of carbonyl (C=O) groups excluding carboxylic acids is 5. The Morgan fingerprint density at radius 3 is 1.03 bits per heavy atom. The predicted octanol–water partition coefficient (Wildman–Crippen LogP) is 19.8.